The molecule has 0 unspecified atom stereocenters. The van der Waals surface area contributed by atoms with Crippen LogP contribution in [0.3, 0.4) is 0 Å². The molecule has 1 aromatic rings. The van der Waals surface area contributed by atoms with Gasteiger partial charge >= 0.3 is 0 Å². The Morgan fingerprint density at radius 1 is 1.32 bits per heavy atom. The fourth-order valence-electron chi connectivity index (χ4n) is 2.99. The molecule has 0 bridgehead atoms. The van der Waals surface area contributed by atoms with Crippen molar-refractivity contribution in [3.63, 3.8) is 0 Å². The van der Waals surface area contributed by atoms with Crippen molar-refractivity contribution in [1.29, 1.82) is 0 Å². The molecule has 1 saturated heterocycles. The van der Waals surface area contributed by atoms with E-state index >= 15 is 0 Å². The lowest BCUT2D eigenvalue weighted by Crippen LogP contribution is -2.34. The number of carbonyl (C=O) groups is 1. The zero-order valence-corrected chi connectivity index (χ0v) is 14.4. The van der Waals surface area contributed by atoms with Crippen molar-refractivity contribution < 1.29 is 4.79 Å². The highest BCUT2D eigenvalue weighted by Crippen LogP contribution is 2.22. The fourth-order valence-corrected chi connectivity index (χ4v) is 2.99. The molecule has 2 rings (SSSR count). The van der Waals surface area contributed by atoms with Gasteiger partial charge in [0.15, 0.2) is 0 Å². The van der Waals surface area contributed by atoms with Gasteiger partial charge in [0.25, 0.3) is 0 Å². The van der Waals surface area contributed by atoms with E-state index in [0.29, 0.717) is 0 Å². The van der Waals surface area contributed by atoms with Crippen LogP contribution in [0.1, 0.15) is 31.7 Å². The zero-order valence-electron chi connectivity index (χ0n) is 13.6. The van der Waals surface area contributed by atoms with Gasteiger partial charge in [-0.25, -0.2) is 0 Å². The van der Waals surface area contributed by atoms with Crippen LogP contribution in [0.4, 0.5) is 5.69 Å². The summed E-state index contributed by atoms with van der Waals surface area (Å²) in [5, 5.41) is 6.09. The predicted octanol–water partition coefficient (Wildman–Crippen LogP) is 2.89. The van der Waals surface area contributed by atoms with Gasteiger partial charge in [-0.15, -0.1) is 12.4 Å². The van der Waals surface area contributed by atoms with E-state index in [2.05, 4.69) is 27.7 Å². The van der Waals surface area contributed by atoms with Gasteiger partial charge in [0.1, 0.15) is 0 Å². The van der Waals surface area contributed by atoms with Gasteiger partial charge in [0.2, 0.25) is 5.91 Å². The average Bonchev–Trinajstić information content (AvgIpc) is 2.46. The average molecular weight is 326 g/mol. The molecule has 1 aliphatic heterocycles. The summed E-state index contributed by atoms with van der Waals surface area (Å²) in [6, 6.07) is 8.17. The van der Waals surface area contributed by atoms with Crippen molar-refractivity contribution in [3.8, 4) is 0 Å². The minimum absolute atomic E-state index is 0. The molecule has 0 aliphatic carbocycles. The van der Waals surface area contributed by atoms with Gasteiger partial charge in [0.05, 0.1) is 0 Å². The van der Waals surface area contributed by atoms with Crippen LogP contribution < -0.4 is 10.6 Å². The third-order valence-electron chi connectivity index (χ3n) is 4.16. The highest BCUT2D eigenvalue weighted by Gasteiger charge is 2.18. The number of amides is 1. The number of hydrogen-bond acceptors (Lipinski definition) is 3. The number of nitrogens with one attached hydrogen (secondary N) is 2. The summed E-state index contributed by atoms with van der Waals surface area (Å²) in [5.74, 6) is 0.858. The lowest BCUT2D eigenvalue weighted by atomic mass is 9.93. The van der Waals surface area contributed by atoms with Gasteiger partial charge in [0, 0.05) is 19.2 Å². The summed E-state index contributed by atoms with van der Waals surface area (Å²) >= 11 is 0. The first-order valence-electron chi connectivity index (χ1n) is 7.91. The van der Waals surface area contributed by atoms with E-state index < -0.39 is 0 Å². The smallest absolute Gasteiger partial charge is 0.221 e. The minimum Gasteiger partial charge on any atom is -0.326 e. The van der Waals surface area contributed by atoms with Gasteiger partial charge in [-0.2, -0.15) is 0 Å². The second-order valence-electron chi connectivity index (χ2n) is 5.99. The Labute approximate surface area is 140 Å². The number of piperidine rings is 1. The lowest BCUT2D eigenvalue weighted by molar-refractivity contribution is -0.114. The Kier molecular flexibility index (Phi) is 8.46. The first kappa shape index (κ1) is 18.9. The fraction of sp³-hybridized carbons (Fsp3) is 0.588. The van der Waals surface area contributed by atoms with Crippen LogP contribution in [0.15, 0.2) is 24.3 Å². The van der Waals surface area contributed by atoms with Crippen molar-refractivity contribution >= 4 is 24.0 Å². The molecule has 1 aliphatic rings. The summed E-state index contributed by atoms with van der Waals surface area (Å²) in [4.78, 5) is 13.6. The Bertz CT molecular complexity index is 459. The molecule has 22 heavy (non-hydrogen) atoms. The molecule has 2 N–H and O–H groups in total. The van der Waals surface area contributed by atoms with Gasteiger partial charge < -0.3 is 10.6 Å². The van der Waals surface area contributed by atoms with E-state index in [-0.39, 0.29) is 18.3 Å². The SMILES string of the molecule is CNCCC1CCN(Cc2cccc(NC(C)=O)c2)CC1.Cl. The molecule has 4 nitrogen and oxygen atoms in total. The van der Waals surface area contributed by atoms with Gasteiger partial charge in [-0.05, 0) is 69.6 Å². The summed E-state index contributed by atoms with van der Waals surface area (Å²) in [5.41, 5.74) is 2.17. The molecule has 0 aromatic heterocycles. The second-order valence-corrected chi connectivity index (χ2v) is 5.99. The van der Waals surface area contributed by atoms with E-state index in [1.807, 2.05) is 19.2 Å². The number of likely N-dealkylation sites (tertiary alicyclic amines) is 1. The zero-order chi connectivity index (χ0) is 15.1. The van der Waals surface area contributed by atoms with Crippen molar-refractivity contribution in [3.05, 3.63) is 29.8 Å². The Morgan fingerprint density at radius 2 is 2.05 bits per heavy atom. The number of hydrogen-bond donors (Lipinski definition) is 2. The van der Waals surface area contributed by atoms with Crippen LogP contribution in [0.2, 0.25) is 0 Å². The maximum Gasteiger partial charge on any atom is 0.221 e. The van der Waals surface area contributed by atoms with E-state index in [1.165, 1.54) is 37.9 Å². The van der Waals surface area contributed by atoms with Crippen LogP contribution in [0.25, 0.3) is 0 Å². The number of halogens is 1. The molecule has 1 heterocycles. The molecule has 1 amide bonds. The van der Waals surface area contributed by atoms with E-state index in [4.69, 9.17) is 0 Å². The number of benzene rings is 1. The summed E-state index contributed by atoms with van der Waals surface area (Å²) < 4.78 is 0. The molecule has 0 radical (unpaired) electrons. The second kappa shape index (κ2) is 9.82. The maximum absolute atomic E-state index is 11.1. The third-order valence-corrected chi connectivity index (χ3v) is 4.16. The van der Waals surface area contributed by atoms with Crippen LogP contribution in [0, 0.1) is 5.92 Å². The van der Waals surface area contributed by atoms with Crippen molar-refractivity contribution in [1.82, 2.24) is 10.2 Å². The van der Waals surface area contributed by atoms with Gasteiger partial charge in [-0.1, -0.05) is 12.1 Å². The molecular weight excluding hydrogens is 298 g/mol. The maximum atomic E-state index is 11.1. The molecule has 124 valence electrons. The monoisotopic (exact) mass is 325 g/mol. The summed E-state index contributed by atoms with van der Waals surface area (Å²) in [6.07, 6.45) is 3.89. The summed E-state index contributed by atoms with van der Waals surface area (Å²) in [6.45, 7) is 6.01. The highest BCUT2D eigenvalue weighted by atomic mass is 35.5. The van der Waals surface area contributed by atoms with E-state index in [0.717, 1.165) is 24.7 Å². The van der Waals surface area contributed by atoms with E-state index in [9.17, 15) is 4.79 Å². The van der Waals surface area contributed by atoms with Crippen molar-refractivity contribution in [2.45, 2.75) is 32.7 Å². The number of nitrogens with zero attached hydrogens (tertiary/aromatic N) is 1. The standard InChI is InChI=1S/C17H27N3O.ClH/c1-14(21)19-17-5-3-4-16(12-17)13-20-10-7-15(8-11-20)6-9-18-2;/h3-5,12,15,18H,6-11,13H2,1-2H3,(H,19,21);1H. The molecular formula is C17H28ClN3O. The number of rotatable bonds is 6. The molecule has 0 atom stereocenters. The highest BCUT2D eigenvalue weighted by molar-refractivity contribution is 5.88. The summed E-state index contributed by atoms with van der Waals surface area (Å²) in [7, 11) is 2.02. The van der Waals surface area contributed by atoms with Crippen molar-refractivity contribution in [2.75, 3.05) is 32.0 Å². The Hall–Kier alpha value is -1.10. The minimum atomic E-state index is -0.0162. The van der Waals surface area contributed by atoms with Crippen LogP contribution in [-0.2, 0) is 11.3 Å². The topological polar surface area (TPSA) is 44.4 Å². The first-order chi connectivity index (χ1) is 10.2. The quantitative estimate of drug-likeness (QED) is 0.845. The van der Waals surface area contributed by atoms with E-state index in [1.54, 1.807) is 6.92 Å². The molecule has 0 saturated carbocycles. The lowest BCUT2D eigenvalue weighted by Gasteiger charge is -2.32. The molecule has 0 spiro atoms. The predicted molar refractivity (Wildman–Crippen MR) is 94.5 cm³/mol. The molecule has 5 heteroatoms. The Balaban J connectivity index is 0.00000242. The van der Waals surface area contributed by atoms with Crippen molar-refractivity contribution in [2.24, 2.45) is 5.92 Å². The largest absolute Gasteiger partial charge is 0.326 e. The van der Waals surface area contributed by atoms with Crippen LogP contribution in [0.5, 0.6) is 0 Å². The normalized spacial score (nSPS) is 16.1. The molecule has 1 aromatic carbocycles. The number of anilines is 1. The third kappa shape index (κ3) is 6.34. The van der Waals surface area contributed by atoms with Gasteiger partial charge in [-0.3, -0.25) is 9.69 Å². The molecule has 1 fully saturated rings. The van der Waals surface area contributed by atoms with Crippen LogP contribution >= 0.6 is 12.4 Å². The van der Waals surface area contributed by atoms with Crippen LogP contribution in [-0.4, -0.2) is 37.5 Å². The first-order valence-corrected chi connectivity index (χ1v) is 7.91. The number of carbonyl (C=O) groups excluding carboxylic acids is 1. The Morgan fingerprint density at radius 3 is 2.68 bits per heavy atom.